The van der Waals surface area contributed by atoms with Gasteiger partial charge in [0.2, 0.25) is 0 Å². The Morgan fingerprint density at radius 1 is 1.00 bits per heavy atom. The highest BCUT2D eigenvalue weighted by molar-refractivity contribution is 5.86. The van der Waals surface area contributed by atoms with Crippen molar-refractivity contribution in [3.8, 4) is 11.1 Å². The molecule has 0 bridgehead atoms. The lowest BCUT2D eigenvalue weighted by atomic mass is 9.79. The predicted octanol–water partition coefficient (Wildman–Crippen LogP) is 7.37. The molecule has 1 fully saturated rings. The summed E-state index contributed by atoms with van der Waals surface area (Å²) in [6, 6.07) is 11.0. The smallest absolute Gasteiger partial charge is 0.333 e. The van der Waals surface area contributed by atoms with Gasteiger partial charge >= 0.3 is 5.97 Å². The van der Waals surface area contributed by atoms with E-state index in [4.69, 9.17) is 4.74 Å². The molecule has 1 aliphatic rings. The van der Waals surface area contributed by atoms with Gasteiger partial charge in [-0.3, -0.25) is 0 Å². The molecule has 0 saturated heterocycles. The first-order valence-corrected chi connectivity index (χ1v) is 11.3. The molecule has 1 saturated carbocycles. The molecule has 3 rings (SSSR count). The fourth-order valence-electron chi connectivity index (χ4n) is 4.24. The maximum Gasteiger partial charge on any atom is 0.333 e. The number of carbonyl (C=O) groups excluding carboxylic acids is 1. The summed E-state index contributed by atoms with van der Waals surface area (Å²) in [6.45, 7) is 7.63. The zero-order chi connectivity index (χ0) is 22.4. The first-order valence-electron chi connectivity index (χ1n) is 11.3. The van der Waals surface area contributed by atoms with Crippen LogP contribution in [0.4, 0.5) is 8.78 Å². The molecule has 0 heterocycles. The number of benzene rings is 2. The van der Waals surface area contributed by atoms with Crippen LogP contribution in [0.2, 0.25) is 0 Å². The second kappa shape index (κ2) is 10.7. The molecule has 0 spiro atoms. The van der Waals surface area contributed by atoms with Crippen LogP contribution in [-0.2, 0) is 16.0 Å². The van der Waals surface area contributed by atoms with Gasteiger partial charge in [0.25, 0.3) is 0 Å². The summed E-state index contributed by atoms with van der Waals surface area (Å²) in [4.78, 5) is 11.3. The minimum absolute atomic E-state index is 0.0860. The van der Waals surface area contributed by atoms with E-state index in [9.17, 15) is 13.6 Å². The molecule has 4 heteroatoms. The van der Waals surface area contributed by atoms with Crippen LogP contribution in [0.3, 0.4) is 0 Å². The zero-order valence-corrected chi connectivity index (χ0v) is 18.6. The number of halogens is 2. The van der Waals surface area contributed by atoms with Gasteiger partial charge in [-0.1, -0.05) is 50.6 Å². The average Bonchev–Trinajstić information content (AvgIpc) is 2.75. The predicted molar refractivity (Wildman–Crippen MR) is 121 cm³/mol. The van der Waals surface area contributed by atoms with Crippen molar-refractivity contribution in [2.75, 3.05) is 6.61 Å². The van der Waals surface area contributed by atoms with Crippen LogP contribution in [0.1, 0.15) is 69.4 Å². The van der Waals surface area contributed by atoms with E-state index in [0.29, 0.717) is 29.9 Å². The first kappa shape index (κ1) is 23.2. The summed E-state index contributed by atoms with van der Waals surface area (Å²) in [5.74, 6) is -0.0913. The second-order valence-corrected chi connectivity index (χ2v) is 8.87. The Bertz CT molecular complexity index is 886. The monoisotopic (exact) mass is 426 g/mol. The fourth-order valence-corrected chi connectivity index (χ4v) is 4.24. The molecular formula is C27H32F2O2. The molecule has 0 aliphatic heterocycles. The number of esters is 1. The Kier molecular flexibility index (Phi) is 8.00. The summed E-state index contributed by atoms with van der Waals surface area (Å²) < 4.78 is 34.2. The largest absolute Gasteiger partial charge is 0.462 e. The Morgan fingerprint density at radius 3 is 2.19 bits per heavy atom. The third kappa shape index (κ3) is 6.25. The summed E-state index contributed by atoms with van der Waals surface area (Å²) in [7, 11) is 0. The number of carbonyl (C=O) groups is 1. The minimum Gasteiger partial charge on any atom is -0.462 e. The van der Waals surface area contributed by atoms with E-state index in [2.05, 4.69) is 25.6 Å². The molecule has 2 nitrogen and oxygen atoms in total. The maximum atomic E-state index is 14.6. The van der Waals surface area contributed by atoms with Crippen LogP contribution in [0.5, 0.6) is 0 Å². The normalized spacial score (nSPS) is 18.6. The van der Waals surface area contributed by atoms with E-state index < -0.39 is 17.6 Å². The summed E-state index contributed by atoms with van der Waals surface area (Å²) >= 11 is 0. The highest BCUT2D eigenvalue weighted by atomic mass is 19.1. The number of rotatable bonds is 8. The van der Waals surface area contributed by atoms with Gasteiger partial charge in [0, 0.05) is 11.1 Å². The highest BCUT2D eigenvalue weighted by Crippen LogP contribution is 2.36. The molecule has 0 atom stereocenters. The number of unbranched alkanes of at least 4 members (excludes halogenated alkanes) is 1. The van der Waals surface area contributed by atoms with Crippen LogP contribution in [0.25, 0.3) is 11.1 Å². The van der Waals surface area contributed by atoms with E-state index >= 15 is 0 Å². The third-order valence-electron chi connectivity index (χ3n) is 6.28. The molecule has 0 amide bonds. The molecule has 2 aromatic carbocycles. The molecule has 0 radical (unpaired) electrons. The van der Waals surface area contributed by atoms with Gasteiger partial charge in [0.15, 0.2) is 0 Å². The number of hydrogen-bond acceptors (Lipinski definition) is 2. The lowest BCUT2D eigenvalue weighted by Crippen LogP contribution is -2.10. The highest BCUT2D eigenvalue weighted by Gasteiger charge is 2.20. The molecule has 166 valence electrons. The fraction of sp³-hybridized carbons (Fsp3) is 0.444. The lowest BCUT2D eigenvalue weighted by Gasteiger charge is -2.26. The van der Waals surface area contributed by atoms with Crippen LogP contribution in [0.15, 0.2) is 48.6 Å². The molecule has 0 N–H and O–H groups in total. The SMILES string of the molecule is C=C(C)C(=O)OCCCCc1c(F)cc(-c2ccc(C3CCC(C)CC3)cc2)cc1F. The van der Waals surface area contributed by atoms with Gasteiger partial charge in [-0.2, -0.15) is 0 Å². The summed E-state index contributed by atoms with van der Waals surface area (Å²) in [5.41, 5.74) is 3.12. The molecule has 0 aromatic heterocycles. The molecule has 0 unspecified atom stereocenters. The third-order valence-corrected chi connectivity index (χ3v) is 6.28. The van der Waals surface area contributed by atoms with Gasteiger partial charge in [-0.25, -0.2) is 13.6 Å². The molecular weight excluding hydrogens is 394 g/mol. The Hall–Kier alpha value is -2.49. The van der Waals surface area contributed by atoms with Gasteiger partial charge in [0.05, 0.1) is 6.61 Å². The van der Waals surface area contributed by atoms with E-state index in [0.717, 1.165) is 11.5 Å². The first-order chi connectivity index (χ1) is 14.8. The Labute approximate surface area is 184 Å². The van der Waals surface area contributed by atoms with E-state index in [1.165, 1.54) is 43.4 Å². The van der Waals surface area contributed by atoms with Crippen molar-refractivity contribution < 1.29 is 18.3 Å². The number of hydrogen-bond donors (Lipinski definition) is 0. The van der Waals surface area contributed by atoms with Crippen molar-refractivity contribution >= 4 is 5.97 Å². The summed E-state index contributed by atoms with van der Waals surface area (Å²) in [5, 5.41) is 0. The molecule has 2 aromatic rings. The topological polar surface area (TPSA) is 26.3 Å². The van der Waals surface area contributed by atoms with Gasteiger partial charge in [-0.15, -0.1) is 0 Å². The van der Waals surface area contributed by atoms with Crippen molar-refractivity contribution in [3.63, 3.8) is 0 Å². The van der Waals surface area contributed by atoms with Crippen LogP contribution in [0, 0.1) is 17.6 Å². The number of ether oxygens (including phenoxy) is 1. The van der Waals surface area contributed by atoms with Crippen molar-refractivity contribution in [2.45, 2.75) is 64.7 Å². The molecule has 31 heavy (non-hydrogen) atoms. The van der Waals surface area contributed by atoms with Crippen molar-refractivity contribution in [1.29, 1.82) is 0 Å². The van der Waals surface area contributed by atoms with Gasteiger partial charge in [-0.05, 0) is 79.7 Å². The lowest BCUT2D eigenvalue weighted by molar-refractivity contribution is -0.139. The van der Waals surface area contributed by atoms with Crippen LogP contribution >= 0.6 is 0 Å². The van der Waals surface area contributed by atoms with Crippen LogP contribution < -0.4 is 0 Å². The van der Waals surface area contributed by atoms with Crippen molar-refractivity contribution in [3.05, 3.63) is 71.3 Å². The minimum atomic E-state index is -0.528. The maximum absolute atomic E-state index is 14.6. The van der Waals surface area contributed by atoms with Gasteiger partial charge in [0.1, 0.15) is 11.6 Å². The Balaban J connectivity index is 1.59. The standard InChI is InChI=1S/C27H32F2O2/c1-18(2)27(30)31-15-5-4-6-24-25(28)16-23(17-26(24)29)22-13-11-21(12-14-22)20-9-7-19(3)8-10-20/h11-14,16-17,19-20H,1,4-10,15H2,2-3H3. The van der Waals surface area contributed by atoms with E-state index in [1.807, 2.05) is 12.1 Å². The quantitative estimate of drug-likeness (QED) is 0.250. The van der Waals surface area contributed by atoms with Gasteiger partial charge < -0.3 is 4.74 Å². The summed E-state index contributed by atoms with van der Waals surface area (Å²) in [6.07, 6.45) is 6.30. The molecule has 1 aliphatic carbocycles. The average molecular weight is 427 g/mol. The van der Waals surface area contributed by atoms with Crippen molar-refractivity contribution in [2.24, 2.45) is 5.92 Å². The van der Waals surface area contributed by atoms with E-state index in [1.54, 1.807) is 6.92 Å². The zero-order valence-electron chi connectivity index (χ0n) is 18.6. The van der Waals surface area contributed by atoms with Crippen molar-refractivity contribution in [1.82, 2.24) is 0 Å². The second-order valence-electron chi connectivity index (χ2n) is 8.87. The van der Waals surface area contributed by atoms with E-state index in [-0.39, 0.29) is 18.6 Å². The van der Waals surface area contributed by atoms with Crippen LogP contribution in [-0.4, -0.2) is 12.6 Å². The Morgan fingerprint density at radius 2 is 1.61 bits per heavy atom.